The first-order valence-electron chi connectivity index (χ1n) is 6.90. The maximum Gasteiger partial charge on any atom is 0.229 e. The van der Waals surface area contributed by atoms with Gasteiger partial charge in [-0.15, -0.1) is 0 Å². The molecule has 20 heavy (non-hydrogen) atoms. The molecule has 2 fully saturated rings. The van der Waals surface area contributed by atoms with Crippen LogP contribution in [0.3, 0.4) is 0 Å². The van der Waals surface area contributed by atoms with Gasteiger partial charge in [0.25, 0.3) is 0 Å². The highest BCUT2D eigenvalue weighted by Gasteiger charge is 2.45. The van der Waals surface area contributed by atoms with Gasteiger partial charge in [0.05, 0.1) is 17.3 Å². The van der Waals surface area contributed by atoms with Crippen molar-refractivity contribution in [3.05, 3.63) is 11.7 Å². The zero-order chi connectivity index (χ0) is 14.4. The molecular formula is C12H19N3O4S. The van der Waals surface area contributed by atoms with E-state index in [1.54, 1.807) is 6.92 Å². The van der Waals surface area contributed by atoms with Crippen LogP contribution in [0.15, 0.2) is 4.52 Å². The van der Waals surface area contributed by atoms with Crippen LogP contribution < -0.4 is 0 Å². The van der Waals surface area contributed by atoms with Crippen molar-refractivity contribution in [2.75, 3.05) is 13.1 Å². The van der Waals surface area contributed by atoms with Crippen molar-refractivity contribution in [2.45, 2.75) is 49.9 Å². The second-order valence-electron chi connectivity index (χ2n) is 5.82. The molecule has 1 saturated carbocycles. The van der Waals surface area contributed by atoms with Crippen molar-refractivity contribution >= 4 is 10.0 Å². The van der Waals surface area contributed by atoms with Gasteiger partial charge < -0.3 is 9.63 Å². The Kier molecular flexibility index (Phi) is 3.34. The molecular weight excluding hydrogens is 282 g/mol. The third-order valence-electron chi connectivity index (χ3n) is 3.88. The fourth-order valence-corrected chi connectivity index (χ4v) is 4.66. The Morgan fingerprint density at radius 2 is 2.25 bits per heavy atom. The fraction of sp³-hybridized carbons (Fsp3) is 0.833. The molecule has 0 radical (unpaired) electrons. The van der Waals surface area contributed by atoms with Crippen molar-refractivity contribution in [3.8, 4) is 0 Å². The Bertz CT molecular complexity index is 596. The quantitative estimate of drug-likeness (QED) is 0.855. The van der Waals surface area contributed by atoms with Crippen molar-refractivity contribution in [1.29, 1.82) is 0 Å². The van der Waals surface area contributed by atoms with Crippen LogP contribution in [0.5, 0.6) is 0 Å². The van der Waals surface area contributed by atoms with E-state index in [2.05, 4.69) is 10.1 Å². The largest absolute Gasteiger partial charge is 0.388 e. The zero-order valence-corrected chi connectivity index (χ0v) is 12.3. The summed E-state index contributed by atoms with van der Waals surface area (Å²) in [5, 5.41) is 14.1. The number of aryl methyl sites for hydroxylation is 1. The summed E-state index contributed by atoms with van der Waals surface area (Å²) in [4.78, 5) is 4.08. The summed E-state index contributed by atoms with van der Waals surface area (Å²) >= 11 is 0. The summed E-state index contributed by atoms with van der Waals surface area (Å²) in [6, 6.07) is 0. The van der Waals surface area contributed by atoms with Crippen LogP contribution in [-0.4, -0.2) is 51.9 Å². The monoisotopic (exact) mass is 301 g/mol. The number of β-amino-alcohol motifs (C(OH)–C–C–N with tert-alkyl or cyclic N) is 1. The number of rotatable bonds is 4. The summed E-state index contributed by atoms with van der Waals surface area (Å²) in [7, 11) is -3.24. The van der Waals surface area contributed by atoms with Gasteiger partial charge in [-0.05, 0) is 32.6 Å². The van der Waals surface area contributed by atoms with Crippen molar-refractivity contribution in [1.82, 2.24) is 14.4 Å². The molecule has 1 aromatic rings. The number of aromatic nitrogens is 2. The minimum Gasteiger partial charge on any atom is -0.388 e. The Hall–Kier alpha value is -0.990. The van der Waals surface area contributed by atoms with Crippen molar-refractivity contribution < 1.29 is 18.0 Å². The molecule has 0 spiro atoms. The Morgan fingerprint density at radius 1 is 1.50 bits per heavy atom. The smallest absolute Gasteiger partial charge is 0.229 e. The highest BCUT2D eigenvalue weighted by Crippen LogP contribution is 2.34. The van der Waals surface area contributed by atoms with Crippen LogP contribution >= 0.6 is 0 Å². The number of hydrogen-bond donors (Lipinski definition) is 1. The molecule has 0 aromatic carbocycles. The van der Waals surface area contributed by atoms with E-state index in [4.69, 9.17) is 4.52 Å². The molecule has 1 unspecified atom stereocenters. The predicted molar refractivity (Wildman–Crippen MR) is 70.4 cm³/mol. The normalized spacial score (nSPS) is 28.7. The van der Waals surface area contributed by atoms with E-state index in [0.29, 0.717) is 31.1 Å². The third-order valence-corrected chi connectivity index (χ3v) is 6.22. The highest BCUT2D eigenvalue weighted by molar-refractivity contribution is 7.90. The Balaban J connectivity index is 1.73. The predicted octanol–water partition coefficient (Wildman–Crippen LogP) is 0.240. The first kappa shape index (κ1) is 14.0. The number of hydrogen-bond acceptors (Lipinski definition) is 6. The van der Waals surface area contributed by atoms with Gasteiger partial charge in [-0.1, -0.05) is 5.16 Å². The van der Waals surface area contributed by atoms with Gasteiger partial charge in [-0.2, -0.15) is 9.29 Å². The standard InChI is InChI=1S/C12H19N3O4S/c1-9-13-11(19-14-9)7-12(16)5-2-6-15(8-12)20(17,18)10-3-4-10/h10,16H,2-8H2,1H3. The van der Waals surface area contributed by atoms with Crippen LogP contribution in [0.4, 0.5) is 0 Å². The SMILES string of the molecule is Cc1noc(CC2(O)CCCN(S(=O)(=O)C3CC3)C2)n1. The summed E-state index contributed by atoms with van der Waals surface area (Å²) in [5.74, 6) is 0.873. The molecule has 8 heteroatoms. The summed E-state index contributed by atoms with van der Waals surface area (Å²) < 4.78 is 31.0. The van der Waals surface area contributed by atoms with E-state index >= 15 is 0 Å². The van der Waals surface area contributed by atoms with Crippen molar-refractivity contribution in [3.63, 3.8) is 0 Å². The number of piperidine rings is 1. The number of nitrogens with zero attached hydrogens (tertiary/aromatic N) is 3. The average molecular weight is 301 g/mol. The van der Waals surface area contributed by atoms with Crippen LogP contribution in [0.2, 0.25) is 0 Å². The molecule has 1 saturated heterocycles. The second kappa shape index (κ2) is 4.78. The van der Waals surface area contributed by atoms with Crippen LogP contribution in [0, 0.1) is 6.92 Å². The first-order chi connectivity index (χ1) is 9.39. The average Bonchev–Trinajstić information content (AvgIpc) is 3.15. The molecule has 7 nitrogen and oxygen atoms in total. The summed E-state index contributed by atoms with van der Waals surface area (Å²) in [5.41, 5.74) is -1.11. The maximum atomic E-state index is 12.3. The number of aliphatic hydroxyl groups is 1. The van der Waals surface area contributed by atoms with Crippen LogP contribution in [0.1, 0.15) is 37.4 Å². The molecule has 2 heterocycles. The summed E-state index contributed by atoms with van der Waals surface area (Å²) in [6.45, 7) is 2.32. The molecule has 1 aliphatic carbocycles. The molecule has 1 aromatic heterocycles. The molecule has 0 bridgehead atoms. The maximum absolute atomic E-state index is 12.3. The lowest BCUT2D eigenvalue weighted by atomic mass is 9.91. The molecule has 1 atom stereocenters. The van der Waals surface area contributed by atoms with Gasteiger partial charge in [-0.25, -0.2) is 8.42 Å². The first-order valence-corrected chi connectivity index (χ1v) is 8.40. The molecule has 2 aliphatic rings. The lowest BCUT2D eigenvalue weighted by molar-refractivity contribution is -0.0129. The minimum atomic E-state index is -3.24. The van der Waals surface area contributed by atoms with Gasteiger partial charge in [-0.3, -0.25) is 0 Å². The molecule has 0 amide bonds. The van der Waals surface area contributed by atoms with E-state index in [0.717, 1.165) is 12.8 Å². The molecule has 1 aliphatic heterocycles. The Morgan fingerprint density at radius 3 is 2.85 bits per heavy atom. The number of sulfonamides is 1. The van der Waals surface area contributed by atoms with Gasteiger partial charge in [0.1, 0.15) is 0 Å². The zero-order valence-electron chi connectivity index (χ0n) is 11.4. The van der Waals surface area contributed by atoms with Crippen molar-refractivity contribution in [2.24, 2.45) is 0 Å². The Labute approximate surface area is 118 Å². The molecule has 1 N–H and O–H groups in total. The topological polar surface area (TPSA) is 96.5 Å². The van der Waals surface area contributed by atoms with E-state index in [1.807, 2.05) is 0 Å². The van der Waals surface area contributed by atoms with E-state index in [-0.39, 0.29) is 18.2 Å². The van der Waals surface area contributed by atoms with Crippen LogP contribution in [0.25, 0.3) is 0 Å². The van der Waals surface area contributed by atoms with Gasteiger partial charge in [0.2, 0.25) is 15.9 Å². The van der Waals surface area contributed by atoms with E-state index in [9.17, 15) is 13.5 Å². The fourth-order valence-electron chi connectivity index (χ4n) is 2.70. The van der Waals surface area contributed by atoms with Gasteiger partial charge >= 0.3 is 0 Å². The summed E-state index contributed by atoms with van der Waals surface area (Å²) in [6.07, 6.45) is 2.87. The van der Waals surface area contributed by atoms with E-state index in [1.165, 1.54) is 4.31 Å². The van der Waals surface area contributed by atoms with Gasteiger partial charge in [0, 0.05) is 13.1 Å². The lowest BCUT2D eigenvalue weighted by Crippen LogP contribution is -2.52. The molecule has 3 rings (SSSR count). The van der Waals surface area contributed by atoms with Gasteiger partial charge in [0.15, 0.2) is 5.82 Å². The van der Waals surface area contributed by atoms with E-state index < -0.39 is 15.6 Å². The minimum absolute atomic E-state index is 0.118. The highest BCUT2D eigenvalue weighted by atomic mass is 32.2. The molecule has 112 valence electrons. The third kappa shape index (κ3) is 2.72. The van der Waals surface area contributed by atoms with Crippen LogP contribution in [-0.2, 0) is 16.4 Å². The lowest BCUT2D eigenvalue weighted by Gasteiger charge is -2.37. The second-order valence-corrected chi connectivity index (χ2v) is 8.03.